The first-order chi connectivity index (χ1) is 8.50. The number of thioether (sulfide) groups is 1. The molecule has 0 saturated carbocycles. The molecule has 2 N–H and O–H groups in total. The Hall–Kier alpha value is -2.02. The number of aryl methyl sites for hydroxylation is 1. The number of hydrogen-bond acceptors (Lipinski definition) is 4. The van der Waals surface area contributed by atoms with Gasteiger partial charge in [0.2, 0.25) is 0 Å². The van der Waals surface area contributed by atoms with Gasteiger partial charge in [-0.25, -0.2) is 9.78 Å². The predicted octanol–water partition coefficient (Wildman–Crippen LogP) is 1.52. The summed E-state index contributed by atoms with van der Waals surface area (Å²) in [5.41, 5.74) is 1.25. The first-order valence-corrected chi connectivity index (χ1v) is 6.05. The molecule has 7 heteroatoms. The van der Waals surface area contributed by atoms with E-state index in [-0.39, 0.29) is 11.4 Å². The zero-order chi connectivity index (χ0) is 13.3. The van der Waals surface area contributed by atoms with Crippen LogP contribution in [0.15, 0.2) is 23.4 Å². The van der Waals surface area contributed by atoms with Crippen LogP contribution in [0.25, 0.3) is 5.65 Å². The van der Waals surface area contributed by atoms with Crippen LogP contribution in [0, 0.1) is 6.92 Å². The molecule has 0 aliphatic rings. The van der Waals surface area contributed by atoms with Crippen LogP contribution in [-0.2, 0) is 4.79 Å². The van der Waals surface area contributed by atoms with E-state index in [0.717, 1.165) is 17.3 Å². The topological polar surface area (TPSA) is 91.9 Å². The van der Waals surface area contributed by atoms with Crippen molar-refractivity contribution in [3.63, 3.8) is 0 Å². The van der Waals surface area contributed by atoms with E-state index in [1.54, 1.807) is 16.7 Å². The van der Waals surface area contributed by atoms with Crippen LogP contribution in [0.4, 0.5) is 0 Å². The number of aromatic carboxylic acids is 1. The Balaban J connectivity index is 2.59. The summed E-state index contributed by atoms with van der Waals surface area (Å²) in [7, 11) is 0. The number of imidazole rings is 1. The van der Waals surface area contributed by atoms with Gasteiger partial charge in [-0.1, -0.05) is 17.8 Å². The molecule has 0 aliphatic carbocycles. The van der Waals surface area contributed by atoms with E-state index in [2.05, 4.69) is 4.98 Å². The SMILES string of the molecule is Cc1cccn2c(SCC(=O)O)c(C(=O)O)nc12. The molecule has 0 aromatic carbocycles. The van der Waals surface area contributed by atoms with Gasteiger partial charge in [-0.05, 0) is 18.6 Å². The average Bonchev–Trinajstić information content (AvgIpc) is 2.66. The Labute approximate surface area is 106 Å². The van der Waals surface area contributed by atoms with Gasteiger partial charge in [0.15, 0.2) is 5.69 Å². The highest BCUT2D eigenvalue weighted by atomic mass is 32.2. The maximum absolute atomic E-state index is 11.1. The highest BCUT2D eigenvalue weighted by Gasteiger charge is 2.20. The minimum atomic E-state index is -1.16. The van der Waals surface area contributed by atoms with Crippen LogP contribution in [0.1, 0.15) is 16.1 Å². The number of carboxylic acids is 2. The summed E-state index contributed by atoms with van der Waals surface area (Å²) in [6, 6.07) is 3.58. The van der Waals surface area contributed by atoms with Gasteiger partial charge < -0.3 is 10.2 Å². The van der Waals surface area contributed by atoms with Crippen molar-refractivity contribution in [3.05, 3.63) is 29.6 Å². The Morgan fingerprint density at radius 2 is 2.17 bits per heavy atom. The van der Waals surface area contributed by atoms with Crippen molar-refractivity contribution in [2.24, 2.45) is 0 Å². The fourth-order valence-corrected chi connectivity index (χ4v) is 2.41. The van der Waals surface area contributed by atoms with E-state index >= 15 is 0 Å². The lowest BCUT2D eigenvalue weighted by Gasteiger charge is -2.01. The van der Waals surface area contributed by atoms with Gasteiger partial charge in [-0.2, -0.15) is 0 Å². The first-order valence-electron chi connectivity index (χ1n) is 5.06. The molecule has 6 nitrogen and oxygen atoms in total. The zero-order valence-corrected chi connectivity index (χ0v) is 10.3. The number of pyridine rings is 1. The fourth-order valence-electron chi connectivity index (χ4n) is 1.59. The van der Waals surface area contributed by atoms with Crippen molar-refractivity contribution in [2.45, 2.75) is 11.9 Å². The molecular weight excluding hydrogens is 256 g/mol. The maximum Gasteiger partial charge on any atom is 0.357 e. The summed E-state index contributed by atoms with van der Waals surface area (Å²) in [5, 5.41) is 18.1. The van der Waals surface area contributed by atoms with Crippen molar-refractivity contribution >= 4 is 29.3 Å². The number of rotatable bonds is 4. The van der Waals surface area contributed by atoms with Crippen molar-refractivity contribution in [1.29, 1.82) is 0 Å². The zero-order valence-electron chi connectivity index (χ0n) is 9.45. The molecule has 2 rings (SSSR count). The summed E-state index contributed by atoms with van der Waals surface area (Å²) in [6.45, 7) is 1.82. The van der Waals surface area contributed by atoms with Crippen LogP contribution >= 0.6 is 11.8 Å². The molecule has 0 radical (unpaired) electrons. The number of aromatic nitrogens is 2. The third-order valence-corrected chi connectivity index (χ3v) is 3.39. The molecule has 0 aliphatic heterocycles. The summed E-state index contributed by atoms with van der Waals surface area (Å²) >= 11 is 0.948. The Bertz CT molecular complexity index is 635. The second-order valence-corrected chi connectivity index (χ2v) is 4.60. The first kappa shape index (κ1) is 12.4. The van der Waals surface area contributed by atoms with E-state index in [1.807, 2.05) is 13.0 Å². The van der Waals surface area contributed by atoms with Gasteiger partial charge in [0, 0.05) is 6.20 Å². The molecule has 0 amide bonds. The third kappa shape index (κ3) is 2.17. The Morgan fingerprint density at radius 1 is 1.44 bits per heavy atom. The van der Waals surface area contributed by atoms with Crippen LogP contribution in [-0.4, -0.2) is 37.3 Å². The van der Waals surface area contributed by atoms with E-state index in [1.165, 1.54) is 0 Å². The number of carbonyl (C=O) groups is 2. The van der Waals surface area contributed by atoms with E-state index in [0.29, 0.717) is 10.7 Å². The maximum atomic E-state index is 11.1. The summed E-state index contributed by atoms with van der Waals surface area (Å²) in [4.78, 5) is 25.7. The second kappa shape index (κ2) is 4.69. The van der Waals surface area contributed by atoms with Crippen molar-refractivity contribution in [2.75, 3.05) is 5.75 Å². The lowest BCUT2D eigenvalue weighted by Crippen LogP contribution is -2.03. The lowest BCUT2D eigenvalue weighted by atomic mass is 10.3. The van der Waals surface area contributed by atoms with E-state index in [4.69, 9.17) is 10.2 Å². The number of nitrogens with zero attached hydrogens (tertiary/aromatic N) is 2. The second-order valence-electron chi connectivity index (χ2n) is 3.64. The Kier molecular flexibility index (Phi) is 3.24. The summed E-state index contributed by atoms with van der Waals surface area (Å²) < 4.78 is 1.60. The average molecular weight is 266 g/mol. The highest BCUT2D eigenvalue weighted by molar-refractivity contribution is 8.00. The van der Waals surface area contributed by atoms with Gasteiger partial charge in [0.05, 0.1) is 5.75 Å². The van der Waals surface area contributed by atoms with Crippen LogP contribution < -0.4 is 0 Å². The van der Waals surface area contributed by atoms with Gasteiger partial charge in [-0.3, -0.25) is 9.20 Å². The molecule has 94 valence electrons. The van der Waals surface area contributed by atoms with Gasteiger partial charge >= 0.3 is 11.9 Å². The molecular formula is C11H10N2O4S. The number of carboxylic acid groups (broad SMARTS) is 2. The summed E-state index contributed by atoms with van der Waals surface area (Å²) in [5.74, 6) is -2.37. The molecule has 2 aromatic rings. The largest absolute Gasteiger partial charge is 0.481 e. The molecule has 0 spiro atoms. The minimum absolute atomic E-state index is 0.115. The normalized spacial score (nSPS) is 10.7. The number of hydrogen-bond donors (Lipinski definition) is 2. The van der Waals surface area contributed by atoms with E-state index < -0.39 is 11.9 Å². The van der Waals surface area contributed by atoms with Crippen molar-refractivity contribution < 1.29 is 19.8 Å². The van der Waals surface area contributed by atoms with Crippen molar-refractivity contribution in [3.8, 4) is 0 Å². The minimum Gasteiger partial charge on any atom is -0.481 e. The molecule has 0 bridgehead atoms. The Morgan fingerprint density at radius 3 is 2.78 bits per heavy atom. The molecule has 18 heavy (non-hydrogen) atoms. The van der Waals surface area contributed by atoms with Crippen LogP contribution in [0.5, 0.6) is 0 Å². The quantitative estimate of drug-likeness (QED) is 0.815. The smallest absolute Gasteiger partial charge is 0.357 e. The van der Waals surface area contributed by atoms with Gasteiger partial charge in [0.25, 0.3) is 0 Å². The highest BCUT2D eigenvalue weighted by Crippen LogP contribution is 2.25. The van der Waals surface area contributed by atoms with Crippen LogP contribution in [0.3, 0.4) is 0 Å². The fraction of sp³-hybridized carbons (Fsp3) is 0.182. The van der Waals surface area contributed by atoms with Gasteiger partial charge in [0.1, 0.15) is 10.7 Å². The van der Waals surface area contributed by atoms with Gasteiger partial charge in [-0.15, -0.1) is 0 Å². The summed E-state index contributed by atoms with van der Waals surface area (Å²) in [6.07, 6.45) is 1.67. The molecule has 0 fully saturated rings. The lowest BCUT2D eigenvalue weighted by molar-refractivity contribution is -0.133. The van der Waals surface area contributed by atoms with Crippen molar-refractivity contribution in [1.82, 2.24) is 9.38 Å². The monoisotopic (exact) mass is 266 g/mol. The predicted molar refractivity (Wildman–Crippen MR) is 65.2 cm³/mol. The molecule has 2 aromatic heterocycles. The van der Waals surface area contributed by atoms with E-state index in [9.17, 15) is 9.59 Å². The third-order valence-electron chi connectivity index (χ3n) is 2.34. The standard InChI is InChI=1S/C11H10N2O4S/c1-6-3-2-4-13-9(6)12-8(11(16)17)10(13)18-5-7(14)15/h2-4H,5H2,1H3,(H,14,15)(H,16,17). The van der Waals surface area contributed by atoms with Crippen LogP contribution in [0.2, 0.25) is 0 Å². The molecule has 0 unspecified atom stereocenters. The number of aliphatic carboxylic acids is 1. The molecule has 2 heterocycles. The number of fused-ring (bicyclic) bond motifs is 1. The molecule has 0 saturated heterocycles. The molecule has 0 atom stereocenters.